The highest BCUT2D eigenvalue weighted by molar-refractivity contribution is 6.00. The van der Waals surface area contributed by atoms with Crippen LogP contribution >= 0.6 is 0 Å². The third-order valence-electron chi connectivity index (χ3n) is 9.97. The van der Waals surface area contributed by atoms with Gasteiger partial charge in [-0.2, -0.15) is 0 Å². The van der Waals surface area contributed by atoms with Crippen LogP contribution in [0.3, 0.4) is 0 Å². The Morgan fingerprint density at radius 2 is 0.838 bits per heavy atom. The lowest BCUT2D eigenvalue weighted by Gasteiger charge is -2.28. The van der Waals surface area contributed by atoms with Gasteiger partial charge in [-0.05, 0) is 37.5 Å². The van der Waals surface area contributed by atoms with E-state index in [9.17, 15) is 93.0 Å². The van der Waals surface area contributed by atoms with Gasteiger partial charge in [0.2, 0.25) is 47.3 Å². The number of carboxylic acid groups (broad SMARTS) is 5. The van der Waals surface area contributed by atoms with E-state index in [-0.39, 0.29) is 18.8 Å². The minimum absolute atomic E-state index is 0.0647. The standard InChI is InChI=1S/C40H65N9O19/c1-8-18(6)31(39(66)46-24(14-29(57)58)37(64)47-25(15-50)38(65)48-30(17(4)5)40(67)68)49-32(59)19(7)42-35(62)22(12-27(53)54)45-36(63)23(13-28(55)56)44-34(61)21(9-10-26(51)52)43-33(60)20(41)11-16(2)3/h16-25,30-31,50H,8-15,41H2,1-7H3,(H,42,62)(H,43,60)(H,44,61)(H,45,63)(H,46,66)(H,47,64)(H,48,65)(H,49,59)(H,51,52)(H,53,54)(H,55,56)(H,57,58)(H,67,68)/t18-,19-,20-,21-,22-,23-,24-,25-,30-,31-/m0/s1. The van der Waals surface area contributed by atoms with Crippen LogP contribution in [-0.2, 0) is 62.3 Å². The monoisotopic (exact) mass is 975 g/mol. The maximum Gasteiger partial charge on any atom is 0.326 e. The average Bonchev–Trinajstić information content (AvgIpc) is 3.22. The number of hydrogen-bond donors (Lipinski definition) is 15. The van der Waals surface area contributed by atoms with Gasteiger partial charge in [0.25, 0.3) is 0 Å². The first kappa shape index (κ1) is 61.0. The predicted octanol–water partition coefficient (Wildman–Crippen LogP) is -4.67. The number of aliphatic carboxylic acids is 5. The van der Waals surface area contributed by atoms with Crippen LogP contribution in [0.2, 0.25) is 0 Å². The van der Waals surface area contributed by atoms with Gasteiger partial charge in [0, 0.05) is 6.42 Å². The highest BCUT2D eigenvalue weighted by atomic mass is 16.4. The molecule has 0 aromatic rings. The number of carbonyl (C=O) groups excluding carboxylic acids is 8. The van der Waals surface area contributed by atoms with Crippen LogP contribution in [0, 0.1) is 17.8 Å². The van der Waals surface area contributed by atoms with Crippen molar-refractivity contribution in [2.75, 3.05) is 6.61 Å². The van der Waals surface area contributed by atoms with Gasteiger partial charge < -0.3 is 78.9 Å². The van der Waals surface area contributed by atoms with Crippen LogP contribution in [0.4, 0.5) is 0 Å². The largest absolute Gasteiger partial charge is 0.481 e. The summed E-state index contributed by atoms with van der Waals surface area (Å²) in [4.78, 5) is 164. The number of rotatable bonds is 32. The number of carboxylic acids is 5. The number of aliphatic hydroxyl groups excluding tert-OH is 1. The van der Waals surface area contributed by atoms with Gasteiger partial charge >= 0.3 is 29.8 Å². The van der Waals surface area contributed by atoms with Gasteiger partial charge in [0.1, 0.15) is 48.3 Å². The maximum atomic E-state index is 13.6. The van der Waals surface area contributed by atoms with E-state index in [1.54, 1.807) is 20.8 Å². The minimum atomic E-state index is -2.06. The highest BCUT2D eigenvalue weighted by Crippen LogP contribution is 2.11. The molecule has 0 heterocycles. The Kier molecular flexibility index (Phi) is 26.6. The van der Waals surface area contributed by atoms with Gasteiger partial charge in [-0.3, -0.25) is 57.5 Å². The summed E-state index contributed by atoms with van der Waals surface area (Å²) in [7, 11) is 0. The van der Waals surface area contributed by atoms with Crippen molar-refractivity contribution in [2.24, 2.45) is 23.5 Å². The average molecular weight is 976 g/mol. The number of nitrogens with one attached hydrogen (secondary N) is 8. The molecule has 0 aliphatic rings. The molecule has 28 nitrogen and oxygen atoms in total. The molecule has 0 unspecified atom stereocenters. The van der Waals surface area contributed by atoms with E-state index >= 15 is 0 Å². The van der Waals surface area contributed by atoms with Crippen LogP contribution < -0.4 is 48.3 Å². The molecular weight excluding hydrogens is 910 g/mol. The summed E-state index contributed by atoms with van der Waals surface area (Å²) in [6.07, 6.45) is -4.30. The molecule has 10 atom stereocenters. The zero-order valence-corrected chi connectivity index (χ0v) is 38.7. The van der Waals surface area contributed by atoms with Crippen molar-refractivity contribution in [2.45, 2.75) is 148 Å². The third kappa shape index (κ3) is 22.5. The Morgan fingerprint density at radius 1 is 0.456 bits per heavy atom. The predicted molar refractivity (Wildman–Crippen MR) is 231 cm³/mol. The van der Waals surface area contributed by atoms with Gasteiger partial charge in [-0.25, -0.2) is 4.79 Å². The molecule has 0 saturated heterocycles. The van der Waals surface area contributed by atoms with E-state index in [0.717, 1.165) is 6.92 Å². The van der Waals surface area contributed by atoms with Crippen molar-refractivity contribution < 1.29 is 93.0 Å². The van der Waals surface area contributed by atoms with E-state index in [4.69, 9.17) is 5.73 Å². The zero-order valence-electron chi connectivity index (χ0n) is 38.7. The summed E-state index contributed by atoms with van der Waals surface area (Å²) in [6.45, 7) is 9.49. The molecule has 68 heavy (non-hydrogen) atoms. The Labute approximate surface area is 390 Å². The first-order valence-electron chi connectivity index (χ1n) is 21.3. The summed E-state index contributed by atoms with van der Waals surface area (Å²) < 4.78 is 0. The van der Waals surface area contributed by atoms with Crippen molar-refractivity contribution in [3.63, 3.8) is 0 Å². The summed E-state index contributed by atoms with van der Waals surface area (Å²) >= 11 is 0. The topological polar surface area (TPSA) is 466 Å². The molecule has 384 valence electrons. The zero-order chi connectivity index (χ0) is 52.7. The Balaban J connectivity index is 6.32. The van der Waals surface area contributed by atoms with Crippen molar-refractivity contribution in [1.82, 2.24) is 42.5 Å². The van der Waals surface area contributed by atoms with Crippen LogP contribution in [0.1, 0.15) is 93.4 Å². The van der Waals surface area contributed by atoms with Gasteiger partial charge in [0.15, 0.2) is 0 Å². The van der Waals surface area contributed by atoms with Crippen molar-refractivity contribution >= 4 is 77.1 Å². The third-order valence-corrected chi connectivity index (χ3v) is 9.97. The second-order valence-corrected chi connectivity index (χ2v) is 16.6. The second kappa shape index (κ2) is 29.6. The van der Waals surface area contributed by atoms with Crippen LogP contribution in [0.5, 0.6) is 0 Å². The highest BCUT2D eigenvalue weighted by Gasteiger charge is 2.37. The van der Waals surface area contributed by atoms with E-state index in [1.165, 1.54) is 20.8 Å². The molecule has 0 saturated carbocycles. The molecular formula is C40H65N9O19. The molecule has 0 rings (SSSR count). The normalized spacial score (nSPS) is 15.5. The number of hydrogen-bond acceptors (Lipinski definition) is 15. The van der Waals surface area contributed by atoms with Crippen LogP contribution in [0.25, 0.3) is 0 Å². The quantitative estimate of drug-likeness (QED) is 0.0301. The van der Waals surface area contributed by atoms with E-state index < -0.39 is 182 Å². The first-order chi connectivity index (χ1) is 31.4. The SMILES string of the molecule is CC[C@H](C)[C@H](NC(=O)[C@H](C)NC(=O)[C@H](CC(=O)O)NC(=O)[C@H](CC(=O)O)NC(=O)[C@H](CCC(=O)O)NC(=O)[C@@H](N)CC(C)C)C(=O)N[C@@H](CC(=O)O)C(=O)N[C@@H](CO)C(=O)N[C@H](C(=O)O)C(C)C. The number of aliphatic hydroxyl groups is 1. The summed E-state index contributed by atoms with van der Waals surface area (Å²) in [5.74, 6) is -18.8. The number of amides is 8. The molecule has 0 aromatic heterocycles. The second-order valence-electron chi connectivity index (χ2n) is 16.6. The Morgan fingerprint density at radius 3 is 1.22 bits per heavy atom. The molecule has 0 fully saturated rings. The summed E-state index contributed by atoms with van der Waals surface area (Å²) in [5.41, 5.74) is 5.87. The van der Waals surface area contributed by atoms with E-state index in [2.05, 4.69) is 31.9 Å². The molecule has 0 bridgehead atoms. The lowest BCUT2D eigenvalue weighted by molar-refractivity contribution is -0.144. The van der Waals surface area contributed by atoms with Crippen LogP contribution in [-0.4, -0.2) is 169 Å². The van der Waals surface area contributed by atoms with E-state index in [1.807, 2.05) is 10.6 Å². The fraction of sp³-hybridized carbons (Fsp3) is 0.675. The minimum Gasteiger partial charge on any atom is -0.481 e. The molecule has 0 aliphatic heterocycles. The Bertz CT molecular complexity index is 1860. The molecule has 0 aliphatic carbocycles. The van der Waals surface area contributed by atoms with Gasteiger partial charge in [0.05, 0.1) is 31.9 Å². The molecule has 28 heteroatoms. The number of nitrogens with two attached hydrogens (primary N) is 1. The van der Waals surface area contributed by atoms with Crippen molar-refractivity contribution in [3.05, 3.63) is 0 Å². The first-order valence-corrected chi connectivity index (χ1v) is 21.3. The fourth-order valence-corrected chi connectivity index (χ4v) is 5.98. The fourth-order valence-electron chi connectivity index (χ4n) is 5.98. The molecule has 0 radical (unpaired) electrons. The molecule has 0 spiro atoms. The number of carbonyl (C=O) groups is 13. The smallest absolute Gasteiger partial charge is 0.326 e. The molecule has 0 aromatic carbocycles. The maximum absolute atomic E-state index is 13.6. The lowest BCUT2D eigenvalue weighted by atomic mass is 9.97. The summed E-state index contributed by atoms with van der Waals surface area (Å²) in [5, 5.41) is 74.0. The van der Waals surface area contributed by atoms with Gasteiger partial charge in [-0.1, -0.05) is 48.0 Å². The van der Waals surface area contributed by atoms with Crippen LogP contribution in [0.15, 0.2) is 0 Å². The van der Waals surface area contributed by atoms with Gasteiger partial charge in [-0.15, -0.1) is 0 Å². The van der Waals surface area contributed by atoms with Crippen molar-refractivity contribution in [1.29, 1.82) is 0 Å². The molecule has 8 amide bonds. The Hall–Kier alpha value is -6.97. The lowest BCUT2D eigenvalue weighted by Crippen LogP contribution is -2.61. The van der Waals surface area contributed by atoms with Crippen molar-refractivity contribution in [3.8, 4) is 0 Å². The van der Waals surface area contributed by atoms with E-state index in [0.29, 0.717) is 0 Å². The summed E-state index contributed by atoms with van der Waals surface area (Å²) in [6, 6.07) is -15.3. The molecule has 16 N–H and O–H groups in total.